The smallest absolute Gasteiger partial charge is 0.271 e. The predicted molar refractivity (Wildman–Crippen MR) is 79.3 cm³/mol. The lowest BCUT2D eigenvalue weighted by atomic mass is 10.1. The van der Waals surface area contributed by atoms with Crippen LogP contribution >= 0.6 is 15.9 Å². The van der Waals surface area contributed by atoms with Crippen LogP contribution in [0, 0.1) is 22.9 Å². The largest absolute Gasteiger partial charge is 0.378 e. The van der Waals surface area contributed by atoms with E-state index in [1.807, 2.05) is 25.1 Å². The van der Waals surface area contributed by atoms with Crippen LogP contribution < -0.4 is 5.32 Å². The van der Waals surface area contributed by atoms with Crippen molar-refractivity contribution in [3.8, 4) is 0 Å². The number of nitro groups is 1. The number of anilines is 1. The van der Waals surface area contributed by atoms with E-state index in [1.54, 1.807) is 0 Å². The average molecular weight is 339 g/mol. The van der Waals surface area contributed by atoms with Crippen molar-refractivity contribution in [2.45, 2.75) is 13.5 Å². The minimum atomic E-state index is -0.549. The molecular weight excluding hydrogens is 327 g/mol. The zero-order chi connectivity index (χ0) is 14.7. The number of non-ortho nitro benzene ring substituents is 1. The molecule has 0 atom stereocenters. The quantitative estimate of drug-likeness (QED) is 0.663. The lowest BCUT2D eigenvalue weighted by Crippen LogP contribution is -2.02. The maximum absolute atomic E-state index is 13.6. The SMILES string of the molecule is Cc1ccc(CNc2cc([N+](=O)[O-])ccc2F)cc1Br. The molecule has 104 valence electrons. The van der Waals surface area contributed by atoms with Crippen molar-refractivity contribution in [2.75, 3.05) is 5.32 Å². The van der Waals surface area contributed by atoms with E-state index in [9.17, 15) is 14.5 Å². The fraction of sp³-hybridized carbons (Fsp3) is 0.143. The molecule has 2 aromatic carbocycles. The van der Waals surface area contributed by atoms with Crippen LogP contribution in [-0.4, -0.2) is 4.92 Å². The maximum atomic E-state index is 13.6. The molecule has 0 aliphatic rings. The Hall–Kier alpha value is -1.95. The molecule has 0 spiro atoms. The third kappa shape index (κ3) is 3.33. The van der Waals surface area contributed by atoms with Gasteiger partial charge in [0.25, 0.3) is 5.69 Å². The molecule has 6 heteroatoms. The lowest BCUT2D eigenvalue weighted by molar-refractivity contribution is -0.384. The zero-order valence-corrected chi connectivity index (χ0v) is 12.3. The Balaban J connectivity index is 2.15. The highest BCUT2D eigenvalue weighted by Gasteiger charge is 2.10. The number of halogens is 2. The van der Waals surface area contributed by atoms with Crippen molar-refractivity contribution in [3.63, 3.8) is 0 Å². The van der Waals surface area contributed by atoms with Gasteiger partial charge in [-0.25, -0.2) is 4.39 Å². The number of hydrogen-bond acceptors (Lipinski definition) is 3. The maximum Gasteiger partial charge on any atom is 0.271 e. The molecule has 0 aromatic heterocycles. The number of benzene rings is 2. The summed E-state index contributed by atoms with van der Waals surface area (Å²) in [5, 5.41) is 13.5. The Bertz CT molecular complexity index is 662. The summed E-state index contributed by atoms with van der Waals surface area (Å²) in [6.07, 6.45) is 0. The average Bonchev–Trinajstić information content (AvgIpc) is 2.41. The first kappa shape index (κ1) is 14.5. The van der Waals surface area contributed by atoms with E-state index in [1.165, 1.54) is 6.07 Å². The van der Waals surface area contributed by atoms with E-state index in [-0.39, 0.29) is 11.4 Å². The van der Waals surface area contributed by atoms with Crippen LogP contribution in [0.15, 0.2) is 40.9 Å². The minimum absolute atomic E-state index is 0.121. The van der Waals surface area contributed by atoms with Gasteiger partial charge in [0, 0.05) is 23.2 Å². The zero-order valence-electron chi connectivity index (χ0n) is 10.7. The monoisotopic (exact) mass is 338 g/mol. The highest BCUT2D eigenvalue weighted by atomic mass is 79.9. The van der Waals surface area contributed by atoms with Gasteiger partial charge < -0.3 is 5.32 Å². The molecule has 0 unspecified atom stereocenters. The van der Waals surface area contributed by atoms with Crippen LogP contribution in [0.1, 0.15) is 11.1 Å². The van der Waals surface area contributed by atoms with E-state index in [0.717, 1.165) is 27.7 Å². The minimum Gasteiger partial charge on any atom is -0.378 e. The highest BCUT2D eigenvalue weighted by molar-refractivity contribution is 9.10. The van der Waals surface area contributed by atoms with Crippen LogP contribution in [0.2, 0.25) is 0 Å². The predicted octanol–water partition coefficient (Wildman–Crippen LogP) is 4.42. The van der Waals surface area contributed by atoms with Gasteiger partial charge in [0.15, 0.2) is 0 Å². The molecule has 20 heavy (non-hydrogen) atoms. The topological polar surface area (TPSA) is 55.2 Å². The van der Waals surface area contributed by atoms with Crippen LogP contribution in [-0.2, 0) is 6.54 Å². The van der Waals surface area contributed by atoms with Crippen LogP contribution in [0.4, 0.5) is 15.8 Å². The molecule has 0 saturated heterocycles. The second-order valence-corrected chi connectivity index (χ2v) is 5.21. The van der Waals surface area contributed by atoms with Gasteiger partial charge in [-0.05, 0) is 30.2 Å². The molecule has 0 radical (unpaired) electrons. The first-order valence-corrected chi connectivity index (χ1v) is 6.69. The van der Waals surface area contributed by atoms with Gasteiger partial charge in [0.05, 0.1) is 10.6 Å². The summed E-state index contributed by atoms with van der Waals surface area (Å²) >= 11 is 3.43. The standard InChI is InChI=1S/C14H12BrFN2O2/c1-9-2-3-10(6-12(9)15)8-17-14-7-11(18(19)20)4-5-13(14)16/h2-7,17H,8H2,1H3. The summed E-state index contributed by atoms with van der Waals surface area (Å²) < 4.78 is 14.6. The van der Waals surface area contributed by atoms with E-state index in [0.29, 0.717) is 6.54 Å². The van der Waals surface area contributed by atoms with Gasteiger partial charge in [-0.2, -0.15) is 0 Å². The van der Waals surface area contributed by atoms with Crippen molar-refractivity contribution in [1.29, 1.82) is 0 Å². The number of rotatable bonds is 4. The Morgan fingerprint density at radius 3 is 2.70 bits per heavy atom. The number of nitro benzene ring substituents is 1. The second-order valence-electron chi connectivity index (χ2n) is 4.36. The van der Waals surface area contributed by atoms with Crippen molar-refractivity contribution in [3.05, 3.63) is 67.9 Å². The Morgan fingerprint density at radius 2 is 2.05 bits per heavy atom. The molecule has 4 nitrogen and oxygen atoms in total. The number of hydrogen-bond donors (Lipinski definition) is 1. The summed E-state index contributed by atoms with van der Waals surface area (Å²) in [5.74, 6) is -0.512. The second kappa shape index (κ2) is 6.00. The summed E-state index contributed by atoms with van der Waals surface area (Å²) in [5.41, 5.74) is 2.04. The molecule has 0 fully saturated rings. The molecule has 0 saturated carbocycles. The first-order valence-electron chi connectivity index (χ1n) is 5.90. The van der Waals surface area contributed by atoms with Crippen molar-refractivity contribution < 1.29 is 9.31 Å². The lowest BCUT2D eigenvalue weighted by Gasteiger charge is -2.09. The summed E-state index contributed by atoms with van der Waals surface area (Å²) in [4.78, 5) is 10.1. The molecule has 0 amide bonds. The van der Waals surface area contributed by atoms with Crippen molar-refractivity contribution in [1.82, 2.24) is 0 Å². The molecule has 0 aliphatic carbocycles. The summed E-state index contributed by atoms with van der Waals surface area (Å²) in [6.45, 7) is 2.36. The molecule has 1 N–H and O–H groups in total. The molecule has 0 bridgehead atoms. The first-order chi connectivity index (χ1) is 9.47. The van der Waals surface area contributed by atoms with Gasteiger partial charge in [-0.3, -0.25) is 10.1 Å². The highest BCUT2D eigenvalue weighted by Crippen LogP contribution is 2.23. The van der Waals surface area contributed by atoms with Crippen molar-refractivity contribution >= 4 is 27.3 Å². The number of aryl methyl sites for hydroxylation is 1. The number of nitrogens with one attached hydrogen (secondary N) is 1. The third-order valence-corrected chi connectivity index (χ3v) is 3.73. The van der Waals surface area contributed by atoms with Gasteiger partial charge in [0.1, 0.15) is 5.82 Å². The van der Waals surface area contributed by atoms with Gasteiger partial charge in [-0.15, -0.1) is 0 Å². The Labute approximate surface area is 123 Å². The number of nitrogens with zero attached hydrogens (tertiary/aromatic N) is 1. The summed E-state index contributed by atoms with van der Waals surface area (Å²) in [6, 6.07) is 9.22. The van der Waals surface area contributed by atoms with Crippen LogP contribution in [0.3, 0.4) is 0 Å². The third-order valence-electron chi connectivity index (χ3n) is 2.88. The van der Waals surface area contributed by atoms with Gasteiger partial charge >= 0.3 is 0 Å². The fourth-order valence-corrected chi connectivity index (χ4v) is 2.13. The van der Waals surface area contributed by atoms with Crippen molar-refractivity contribution in [2.24, 2.45) is 0 Å². The molecule has 2 aromatic rings. The van der Waals surface area contributed by atoms with Gasteiger partial charge in [-0.1, -0.05) is 28.1 Å². The molecular formula is C14H12BrFN2O2. The van der Waals surface area contributed by atoms with E-state index in [4.69, 9.17) is 0 Å². The Morgan fingerprint density at radius 1 is 1.30 bits per heavy atom. The molecule has 0 heterocycles. The summed E-state index contributed by atoms with van der Waals surface area (Å²) in [7, 11) is 0. The van der Waals surface area contributed by atoms with E-state index < -0.39 is 10.7 Å². The molecule has 2 rings (SSSR count). The molecule has 0 aliphatic heterocycles. The van der Waals surface area contributed by atoms with Crippen LogP contribution in [0.5, 0.6) is 0 Å². The normalized spacial score (nSPS) is 10.3. The van der Waals surface area contributed by atoms with Gasteiger partial charge in [0.2, 0.25) is 0 Å². The van der Waals surface area contributed by atoms with E-state index >= 15 is 0 Å². The Kier molecular flexibility index (Phi) is 4.34. The fourth-order valence-electron chi connectivity index (χ4n) is 1.71. The van der Waals surface area contributed by atoms with Crippen LogP contribution in [0.25, 0.3) is 0 Å². The van der Waals surface area contributed by atoms with E-state index in [2.05, 4.69) is 21.2 Å².